The summed E-state index contributed by atoms with van der Waals surface area (Å²) in [5.74, 6) is 0.0372. The number of para-hydroxylation sites is 2. The molecule has 0 saturated carbocycles. The number of hydrogen-bond donors (Lipinski definition) is 2. The average molecular weight is 641 g/mol. The van der Waals surface area contributed by atoms with Gasteiger partial charge in [-0.2, -0.15) is 0 Å². The highest BCUT2D eigenvalue weighted by molar-refractivity contribution is 5.78. The van der Waals surface area contributed by atoms with E-state index in [2.05, 4.69) is 64.1 Å². The monoisotopic (exact) mass is 640 g/mol. The summed E-state index contributed by atoms with van der Waals surface area (Å²) in [4.78, 5) is 42.3. The number of benzene rings is 3. The van der Waals surface area contributed by atoms with Crippen LogP contribution in [0.2, 0.25) is 0 Å². The van der Waals surface area contributed by atoms with Crippen LogP contribution in [0.25, 0.3) is 0 Å². The third-order valence-corrected chi connectivity index (χ3v) is 8.40. The molecule has 1 aliphatic heterocycles. The third kappa shape index (κ3) is 11.8. The van der Waals surface area contributed by atoms with Crippen LogP contribution in [0.3, 0.4) is 0 Å². The summed E-state index contributed by atoms with van der Waals surface area (Å²) in [6.07, 6.45) is 6.03. The standard InChI is InChI=1S/C39H52N4O4/c1-39(2,3)47-38(46)41-33(28-30-16-7-5-8-17-30)29-36(44)40-25-14-6-9-22-37(45)42(4)26-15-27-43-34-20-12-10-18-31(34)23-24-32-19-11-13-21-35(32)43/h5,7-8,10-13,16-21,33H,6,9,14-15,22-29H2,1-4H3,(H,40,44)(H,41,46)/t33-/m1/s1. The fourth-order valence-electron chi connectivity index (χ4n) is 6.04. The van der Waals surface area contributed by atoms with Gasteiger partial charge in [-0.15, -0.1) is 0 Å². The Labute approximate surface area is 280 Å². The summed E-state index contributed by atoms with van der Waals surface area (Å²) < 4.78 is 5.41. The van der Waals surface area contributed by atoms with Gasteiger partial charge in [-0.1, -0.05) is 73.2 Å². The number of rotatable bonds is 15. The van der Waals surface area contributed by atoms with E-state index in [0.717, 1.165) is 50.6 Å². The fraction of sp³-hybridized carbons (Fsp3) is 0.462. The van der Waals surface area contributed by atoms with Gasteiger partial charge in [0.2, 0.25) is 11.8 Å². The molecular formula is C39H52N4O4. The van der Waals surface area contributed by atoms with Gasteiger partial charge >= 0.3 is 6.09 Å². The molecule has 0 radical (unpaired) electrons. The van der Waals surface area contributed by atoms with Crippen molar-refractivity contribution in [3.63, 3.8) is 0 Å². The molecule has 2 N–H and O–H groups in total. The lowest BCUT2D eigenvalue weighted by molar-refractivity contribution is -0.130. The van der Waals surface area contributed by atoms with E-state index in [1.807, 2.05) is 63.1 Å². The molecule has 3 aromatic carbocycles. The Kier molecular flexibility index (Phi) is 13.3. The zero-order chi connectivity index (χ0) is 33.6. The first kappa shape index (κ1) is 35.5. The SMILES string of the molecule is CN(CCCN1c2ccccc2CCc2ccccc21)C(=O)CCCCCNC(=O)C[C@@H](Cc1ccccc1)NC(=O)OC(C)(C)C. The molecule has 3 amide bonds. The Bertz CT molecular complexity index is 1410. The molecule has 0 aromatic heterocycles. The molecule has 1 heterocycles. The van der Waals surface area contributed by atoms with Crippen LogP contribution in [0.1, 0.15) is 76.0 Å². The summed E-state index contributed by atoms with van der Waals surface area (Å²) >= 11 is 0. The van der Waals surface area contributed by atoms with Crippen LogP contribution in [0.4, 0.5) is 16.2 Å². The van der Waals surface area contributed by atoms with E-state index in [1.54, 1.807) is 0 Å². The van der Waals surface area contributed by atoms with Gasteiger partial charge in [0.1, 0.15) is 5.60 Å². The second-order valence-corrected chi connectivity index (χ2v) is 13.5. The fourth-order valence-corrected chi connectivity index (χ4v) is 6.04. The van der Waals surface area contributed by atoms with Crippen molar-refractivity contribution in [2.75, 3.05) is 31.6 Å². The van der Waals surface area contributed by atoms with Gasteiger partial charge in [-0.3, -0.25) is 9.59 Å². The maximum atomic E-state index is 12.9. The van der Waals surface area contributed by atoms with Crippen molar-refractivity contribution in [2.24, 2.45) is 0 Å². The summed E-state index contributed by atoms with van der Waals surface area (Å²) in [5.41, 5.74) is 5.69. The number of nitrogens with zero attached hydrogens (tertiary/aromatic N) is 2. The molecule has 0 aliphatic carbocycles. The third-order valence-electron chi connectivity index (χ3n) is 8.40. The Hall–Kier alpha value is -4.33. The first-order valence-electron chi connectivity index (χ1n) is 17.1. The molecule has 4 rings (SSSR count). The van der Waals surface area contributed by atoms with Gasteiger partial charge in [0, 0.05) is 56.9 Å². The summed E-state index contributed by atoms with van der Waals surface area (Å²) in [6, 6.07) is 26.7. The highest BCUT2D eigenvalue weighted by Gasteiger charge is 2.22. The van der Waals surface area contributed by atoms with Gasteiger partial charge in [-0.05, 0) is 88.1 Å². The zero-order valence-electron chi connectivity index (χ0n) is 28.6. The lowest BCUT2D eigenvalue weighted by atomic mass is 10.0. The predicted molar refractivity (Wildman–Crippen MR) is 189 cm³/mol. The first-order chi connectivity index (χ1) is 22.6. The highest BCUT2D eigenvalue weighted by atomic mass is 16.6. The number of unbranched alkanes of at least 4 members (excludes halogenated alkanes) is 2. The first-order valence-corrected chi connectivity index (χ1v) is 17.1. The Balaban J connectivity index is 1.14. The normalized spacial score (nSPS) is 13.1. The molecule has 0 fully saturated rings. The number of amides is 3. The van der Waals surface area contributed by atoms with Crippen molar-refractivity contribution >= 4 is 29.3 Å². The number of fused-ring (bicyclic) bond motifs is 2. The van der Waals surface area contributed by atoms with Gasteiger partial charge in [-0.25, -0.2) is 4.79 Å². The number of carbonyl (C=O) groups is 3. The molecule has 0 bridgehead atoms. The molecule has 47 heavy (non-hydrogen) atoms. The minimum Gasteiger partial charge on any atom is -0.444 e. The molecule has 0 spiro atoms. The molecule has 1 atom stereocenters. The van der Waals surface area contributed by atoms with E-state index in [4.69, 9.17) is 4.74 Å². The second kappa shape index (κ2) is 17.5. The van der Waals surface area contributed by atoms with Crippen LogP contribution in [0, 0.1) is 0 Å². The number of carbonyl (C=O) groups excluding carboxylic acids is 3. The van der Waals surface area contributed by atoms with Crippen molar-refractivity contribution in [2.45, 2.75) is 90.2 Å². The maximum absolute atomic E-state index is 12.9. The molecular weight excluding hydrogens is 588 g/mol. The van der Waals surface area contributed by atoms with Crippen LogP contribution in [0.5, 0.6) is 0 Å². The number of aryl methyl sites for hydroxylation is 2. The minimum absolute atomic E-state index is 0.118. The van der Waals surface area contributed by atoms with Crippen LogP contribution in [-0.4, -0.2) is 61.1 Å². The summed E-state index contributed by atoms with van der Waals surface area (Å²) in [6.45, 7) is 7.53. The molecule has 0 unspecified atom stereocenters. The largest absolute Gasteiger partial charge is 0.444 e. The molecule has 1 aliphatic rings. The number of alkyl carbamates (subject to hydrolysis) is 1. The second-order valence-electron chi connectivity index (χ2n) is 13.5. The maximum Gasteiger partial charge on any atom is 0.407 e. The van der Waals surface area contributed by atoms with Crippen molar-refractivity contribution in [1.82, 2.24) is 15.5 Å². The molecule has 0 saturated heterocycles. The molecule has 252 valence electrons. The number of hydrogen-bond acceptors (Lipinski definition) is 5. The summed E-state index contributed by atoms with van der Waals surface area (Å²) in [7, 11) is 1.89. The molecule has 8 nitrogen and oxygen atoms in total. The van der Waals surface area contributed by atoms with E-state index in [0.29, 0.717) is 25.9 Å². The Morgan fingerprint density at radius 2 is 1.45 bits per heavy atom. The van der Waals surface area contributed by atoms with E-state index in [9.17, 15) is 14.4 Å². The van der Waals surface area contributed by atoms with Crippen molar-refractivity contribution in [3.05, 3.63) is 95.6 Å². The van der Waals surface area contributed by atoms with Crippen LogP contribution >= 0.6 is 0 Å². The molecule has 3 aromatic rings. The van der Waals surface area contributed by atoms with Gasteiger partial charge in [0.05, 0.1) is 0 Å². The van der Waals surface area contributed by atoms with E-state index in [1.165, 1.54) is 22.5 Å². The van der Waals surface area contributed by atoms with Crippen LogP contribution in [0.15, 0.2) is 78.9 Å². The van der Waals surface area contributed by atoms with Gasteiger partial charge in [0.15, 0.2) is 0 Å². The van der Waals surface area contributed by atoms with E-state index < -0.39 is 11.7 Å². The lowest BCUT2D eigenvalue weighted by Crippen LogP contribution is -2.43. The van der Waals surface area contributed by atoms with E-state index >= 15 is 0 Å². The molecule has 8 heteroatoms. The van der Waals surface area contributed by atoms with Gasteiger partial charge < -0.3 is 25.2 Å². The average Bonchev–Trinajstić information content (AvgIpc) is 3.19. The quantitative estimate of drug-likeness (QED) is 0.175. The predicted octanol–water partition coefficient (Wildman–Crippen LogP) is 6.97. The van der Waals surface area contributed by atoms with Crippen LogP contribution < -0.4 is 15.5 Å². The number of ether oxygens (including phenoxy) is 1. The van der Waals surface area contributed by atoms with Crippen molar-refractivity contribution < 1.29 is 19.1 Å². The summed E-state index contributed by atoms with van der Waals surface area (Å²) in [5, 5.41) is 5.84. The van der Waals surface area contributed by atoms with Crippen molar-refractivity contribution in [1.29, 1.82) is 0 Å². The number of anilines is 2. The van der Waals surface area contributed by atoms with Crippen molar-refractivity contribution in [3.8, 4) is 0 Å². The minimum atomic E-state index is -0.619. The smallest absolute Gasteiger partial charge is 0.407 e. The highest BCUT2D eigenvalue weighted by Crippen LogP contribution is 2.35. The number of nitrogens with one attached hydrogen (secondary N) is 2. The lowest BCUT2D eigenvalue weighted by Gasteiger charge is -2.28. The zero-order valence-corrected chi connectivity index (χ0v) is 28.6. The van der Waals surface area contributed by atoms with Gasteiger partial charge in [0.25, 0.3) is 0 Å². The topological polar surface area (TPSA) is 91.0 Å². The Morgan fingerprint density at radius 3 is 2.09 bits per heavy atom. The van der Waals surface area contributed by atoms with E-state index in [-0.39, 0.29) is 24.3 Å². The Morgan fingerprint density at radius 1 is 0.830 bits per heavy atom. The van der Waals surface area contributed by atoms with Crippen LogP contribution in [-0.2, 0) is 33.6 Å².